The predicted molar refractivity (Wildman–Crippen MR) is 104 cm³/mol. The summed E-state index contributed by atoms with van der Waals surface area (Å²) in [6.45, 7) is 10.1. The Morgan fingerprint density at radius 2 is 1.67 bits per heavy atom. The molecule has 0 amide bonds. The van der Waals surface area contributed by atoms with Crippen molar-refractivity contribution in [2.45, 2.75) is 58.0 Å². The van der Waals surface area contributed by atoms with E-state index in [0.29, 0.717) is 19.7 Å². The quantitative estimate of drug-likeness (QED) is 0.639. The molecular weight excluding hydrogens is 426 g/mol. The van der Waals surface area contributed by atoms with Gasteiger partial charge < -0.3 is 0 Å². The maximum atomic E-state index is 6.36. The summed E-state index contributed by atoms with van der Waals surface area (Å²) in [6, 6.07) is 15.1. The van der Waals surface area contributed by atoms with Crippen molar-refractivity contribution in [2.24, 2.45) is 0 Å². The Balaban J connectivity index is 2.04. The predicted octanol–water partition coefficient (Wildman–Crippen LogP) is 4.03. The summed E-state index contributed by atoms with van der Waals surface area (Å²) >= 11 is 3.58. The molecule has 1 aliphatic rings. The van der Waals surface area contributed by atoms with Gasteiger partial charge in [0.2, 0.25) is 0 Å². The Bertz CT molecular complexity index is 720. The second-order valence-electron chi connectivity index (χ2n) is 7.97. The maximum absolute atomic E-state index is 6.36. The Hall–Kier alpha value is -0.721. The number of benzene rings is 2. The van der Waals surface area contributed by atoms with E-state index in [1.54, 1.807) is 0 Å². The molecule has 0 saturated carbocycles. The van der Waals surface area contributed by atoms with Crippen LogP contribution in [0.25, 0.3) is 0 Å². The van der Waals surface area contributed by atoms with Gasteiger partial charge in [-0.05, 0) is 0 Å². The molecule has 0 N–H and O–H groups in total. The summed E-state index contributed by atoms with van der Waals surface area (Å²) in [5.74, 6) is 1.08. The fraction of sp³-hybridized carbons (Fsp3) is 0.429. The van der Waals surface area contributed by atoms with Crippen molar-refractivity contribution in [1.82, 2.24) is 0 Å². The van der Waals surface area contributed by atoms with Crippen molar-refractivity contribution >= 4 is 31.8 Å². The number of fused-ring (bicyclic) bond motifs is 1. The third-order valence-corrected chi connectivity index (χ3v) is 8.19. The molecule has 0 aromatic heterocycles. The van der Waals surface area contributed by atoms with Crippen molar-refractivity contribution in [2.75, 3.05) is 0 Å². The van der Waals surface area contributed by atoms with Crippen LogP contribution in [-0.2, 0) is 17.4 Å². The molecule has 0 spiro atoms. The summed E-state index contributed by atoms with van der Waals surface area (Å²) in [7, 11) is 0. The minimum atomic E-state index is 0.167. The van der Waals surface area contributed by atoms with Gasteiger partial charge in [-0.15, -0.1) is 0 Å². The number of hydrogen-bond donors (Lipinski definition) is 0. The van der Waals surface area contributed by atoms with E-state index in [9.17, 15) is 0 Å². The van der Waals surface area contributed by atoms with Crippen LogP contribution >= 0.6 is 0 Å². The van der Waals surface area contributed by atoms with Crippen molar-refractivity contribution in [3.05, 3.63) is 59.2 Å². The van der Waals surface area contributed by atoms with Gasteiger partial charge in [0.1, 0.15) is 0 Å². The molecule has 1 radical (unpaired) electrons. The van der Waals surface area contributed by atoms with Crippen molar-refractivity contribution in [3.8, 4) is 5.75 Å². The second-order valence-corrected chi connectivity index (χ2v) is 11.1. The molecule has 127 valence electrons. The van der Waals surface area contributed by atoms with Gasteiger partial charge in [0.25, 0.3) is 0 Å². The molecule has 0 fully saturated rings. The molecule has 0 heterocycles. The summed E-state index contributed by atoms with van der Waals surface area (Å²) in [6.07, 6.45) is 2.44. The van der Waals surface area contributed by atoms with Gasteiger partial charge in [0.05, 0.1) is 0 Å². The second kappa shape index (κ2) is 6.88. The Morgan fingerprint density at radius 1 is 1.00 bits per heavy atom. The van der Waals surface area contributed by atoms with Crippen LogP contribution in [0.1, 0.15) is 57.2 Å². The van der Waals surface area contributed by atoms with E-state index in [0.717, 1.165) is 5.75 Å². The van der Waals surface area contributed by atoms with E-state index < -0.39 is 0 Å². The zero-order chi connectivity index (χ0) is 17.4. The molecule has 3 rings (SSSR count). The Morgan fingerprint density at radius 3 is 2.33 bits per heavy atom. The third kappa shape index (κ3) is 3.60. The third-order valence-electron chi connectivity index (χ3n) is 5.19. The summed E-state index contributed by atoms with van der Waals surface area (Å²) < 4.78 is 7.74. The molecule has 2 aromatic rings. The van der Waals surface area contributed by atoms with Crippen molar-refractivity contribution < 1.29 is 4.74 Å². The number of hydrogen-bond acceptors (Lipinski definition) is 1. The molecule has 0 unspecified atom stereocenters. The fourth-order valence-corrected chi connectivity index (χ4v) is 5.33. The normalized spacial score (nSPS) is 18.0. The van der Waals surface area contributed by atoms with Crippen LogP contribution in [0.4, 0.5) is 0 Å². The zero-order valence-electron chi connectivity index (χ0n) is 14.9. The zero-order valence-corrected chi connectivity index (χ0v) is 18.3. The van der Waals surface area contributed by atoms with E-state index in [4.69, 9.17) is 4.74 Å². The molecule has 0 saturated heterocycles. The van der Waals surface area contributed by atoms with Gasteiger partial charge in [-0.25, -0.2) is 0 Å². The Labute approximate surface area is 159 Å². The van der Waals surface area contributed by atoms with Gasteiger partial charge in [0.15, 0.2) is 0 Å². The first-order chi connectivity index (χ1) is 11.3. The fourth-order valence-electron chi connectivity index (χ4n) is 3.60. The summed E-state index contributed by atoms with van der Waals surface area (Å²) in [5.41, 5.74) is 4.51. The molecule has 24 heavy (non-hydrogen) atoms. The van der Waals surface area contributed by atoms with Crippen LogP contribution < -0.4 is 9.20 Å². The molecule has 1 aliphatic carbocycles. The van der Waals surface area contributed by atoms with Crippen molar-refractivity contribution in [1.29, 1.82) is 0 Å². The molecule has 0 atom stereocenters. The first-order valence-electron chi connectivity index (χ1n) is 8.49. The minimum absolute atomic E-state index is 0.167. The molecule has 0 aliphatic heterocycles. The van der Waals surface area contributed by atoms with Crippen LogP contribution in [0, 0.1) is 0 Å². The summed E-state index contributed by atoms with van der Waals surface area (Å²) in [5, 5.41) is 0. The van der Waals surface area contributed by atoms with E-state index in [2.05, 4.69) is 78.3 Å². The van der Waals surface area contributed by atoms with E-state index in [1.807, 2.05) is 6.07 Å². The van der Waals surface area contributed by atoms with Gasteiger partial charge in [0, 0.05) is 0 Å². The first kappa shape index (κ1) is 18.1. The standard InChI is InChI=1S/C21H25OSe2/c1-20(2)10-11-21(3,4)19-17(20)12-16(24-23)13-18(19)22-14-15-8-6-5-7-9-15/h5-9,12-13H,10-11,14H2,1-4H3. The SMILES string of the molecule is CC1(C)CCC(C)(C)c2c(OCc3ccccc3)cc([Se][Se])cc21. The Kier molecular flexibility index (Phi) is 5.19. The molecule has 1 nitrogen and oxygen atoms in total. The van der Waals surface area contributed by atoms with Crippen LogP contribution in [0.5, 0.6) is 5.75 Å². The number of rotatable bonds is 4. The topological polar surface area (TPSA) is 9.23 Å². The van der Waals surface area contributed by atoms with Crippen LogP contribution in [-0.4, -0.2) is 27.3 Å². The monoisotopic (exact) mass is 453 g/mol. The van der Waals surface area contributed by atoms with E-state index in [-0.39, 0.29) is 10.8 Å². The molecular formula is C21H25OSe2. The van der Waals surface area contributed by atoms with Gasteiger partial charge in [-0.3, -0.25) is 0 Å². The van der Waals surface area contributed by atoms with Crippen LogP contribution in [0.2, 0.25) is 0 Å². The van der Waals surface area contributed by atoms with Gasteiger partial charge in [-0.1, -0.05) is 0 Å². The van der Waals surface area contributed by atoms with Crippen molar-refractivity contribution in [3.63, 3.8) is 0 Å². The average molecular weight is 451 g/mol. The average Bonchev–Trinajstić information content (AvgIpc) is 2.57. The molecule has 3 heteroatoms. The number of ether oxygens (including phenoxy) is 1. The van der Waals surface area contributed by atoms with Crippen LogP contribution in [0.3, 0.4) is 0 Å². The first-order valence-corrected chi connectivity index (χ1v) is 13.7. The van der Waals surface area contributed by atoms with E-state index in [1.165, 1.54) is 34.0 Å². The van der Waals surface area contributed by atoms with Gasteiger partial charge >= 0.3 is 159 Å². The van der Waals surface area contributed by atoms with Gasteiger partial charge in [-0.2, -0.15) is 0 Å². The molecule has 2 aromatic carbocycles. The van der Waals surface area contributed by atoms with E-state index >= 15 is 0 Å². The van der Waals surface area contributed by atoms with Crippen LogP contribution in [0.15, 0.2) is 42.5 Å². The summed E-state index contributed by atoms with van der Waals surface area (Å²) in [4.78, 5) is 0. The molecule has 0 bridgehead atoms.